The minimum Gasteiger partial charge on any atom is -0.0794 e. The molecule has 0 saturated heterocycles. The van der Waals surface area contributed by atoms with E-state index in [1.807, 2.05) is 18.2 Å². The van der Waals surface area contributed by atoms with Crippen LogP contribution in [0.25, 0.3) is 28.3 Å². The maximum atomic E-state index is 5.86. The van der Waals surface area contributed by atoms with Gasteiger partial charge in [0.2, 0.25) is 0 Å². The standard InChI is InChI=1S/C29H20S/c30-29(22-13-5-2-6-14-22)20-28-26-18-10-9-17-25(26)24-16-8-7-15-23(24)19-27(28)21-11-3-1-4-12-21/h1-20H/b28-20-. The average molecular weight is 401 g/mol. The first-order valence-corrected chi connectivity index (χ1v) is 10.5. The highest BCUT2D eigenvalue weighted by Crippen LogP contribution is 2.43. The molecule has 0 aliphatic heterocycles. The lowest BCUT2D eigenvalue weighted by atomic mass is 9.89. The van der Waals surface area contributed by atoms with Crippen LogP contribution in [0.4, 0.5) is 0 Å². The van der Waals surface area contributed by atoms with Gasteiger partial charge >= 0.3 is 0 Å². The maximum Gasteiger partial charge on any atom is 0.0455 e. The third-order valence-corrected chi connectivity index (χ3v) is 5.83. The van der Waals surface area contributed by atoms with Crippen molar-refractivity contribution >= 4 is 34.3 Å². The Bertz CT molecular complexity index is 1280. The van der Waals surface area contributed by atoms with Crippen molar-refractivity contribution in [2.75, 3.05) is 0 Å². The van der Waals surface area contributed by atoms with E-state index in [0.29, 0.717) is 0 Å². The second-order valence-electron chi connectivity index (χ2n) is 7.35. The molecule has 0 spiro atoms. The van der Waals surface area contributed by atoms with Crippen LogP contribution in [0.3, 0.4) is 0 Å². The van der Waals surface area contributed by atoms with E-state index in [2.05, 4.69) is 103 Å². The van der Waals surface area contributed by atoms with Gasteiger partial charge < -0.3 is 0 Å². The Kier molecular flexibility index (Phi) is 4.96. The van der Waals surface area contributed by atoms with E-state index in [0.717, 1.165) is 16.0 Å². The average Bonchev–Trinajstić information content (AvgIpc) is 2.95. The Morgan fingerprint density at radius 2 is 1.13 bits per heavy atom. The predicted molar refractivity (Wildman–Crippen MR) is 132 cm³/mol. The summed E-state index contributed by atoms with van der Waals surface area (Å²) in [6.45, 7) is 0. The molecule has 0 nitrogen and oxygen atoms in total. The van der Waals surface area contributed by atoms with Crippen LogP contribution < -0.4 is 0 Å². The van der Waals surface area contributed by atoms with Gasteiger partial charge in [-0.1, -0.05) is 121 Å². The van der Waals surface area contributed by atoms with Gasteiger partial charge in [-0.15, -0.1) is 0 Å². The molecule has 1 heteroatoms. The molecule has 0 unspecified atom stereocenters. The highest BCUT2D eigenvalue weighted by atomic mass is 32.1. The van der Waals surface area contributed by atoms with E-state index < -0.39 is 0 Å². The first-order chi connectivity index (χ1) is 14.8. The number of allylic oxidation sites excluding steroid dienone is 3. The van der Waals surface area contributed by atoms with Gasteiger partial charge in [0.15, 0.2) is 0 Å². The lowest BCUT2D eigenvalue weighted by molar-refractivity contribution is 1.57. The molecule has 30 heavy (non-hydrogen) atoms. The van der Waals surface area contributed by atoms with E-state index in [1.54, 1.807) is 0 Å². The molecule has 0 fully saturated rings. The number of rotatable bonds is 3. The summed E-state index contributed by atoms with van der Waals surface area (Å²) in [5.41, 5.74) is 9.49. The summed E-state index contributed by atoms with van der Waals surface area (Å²) in [5.74, 6) is 0. The Morgan fingerprint density at radius 3 is 1.87 bits per heavy atom. The molecule has 0 N–H and O–H groups in total. The Morgan fingerprint density at radius 1 is 0.567 bits per heavy atom. The van der Waals surface area contributed by atoms with Crippen molar-refractivity contribution in [3.8, 4) is 11.1 Å². The van der Waals surface area contributed by atoms with Crippen LogP contribution in [0, 0.1) is 0 Å². The summed E-state index contributed by atoms with van der Waals surface area (Å²) < 4.78 is 0. The van der Waals surface area contributed by atoms with Gasteiger partial charge in [0, 0.05) is 4.86 Å². The van der Waals surface area contributed by atoms with Crippen LogP contribution in [-0.4, -0.2) is 4.86 Å². The third-order valence-electron chi connectivity index (χ3n) is 5.48. The summed E-state index contributed by atoms with van der Waals surface area (Å²) in [5, 5.41) is 0. The van der Waals surface area contributed by atoms with Crippen LogP contribution in [0.2, 0.25) is 0 Å². The van der Waals surface area contributed by atoms with Gasteiger partial charge in [-0.25, -0.2) is 0 Å². The Hall–Kier alpha value is -3.55. The fourth-order valence-corrected chi connectivity index (χ4v) is 4.28. The fraction of sp³-hybridized carbons (Fsp3) is 0. The zero-order valence-electron chi connectivity index (χ0n) is 16.5. The molecular formula is C29H20S. The molecule has 0 saturated carbocycles. The lowest BCUT2D eigenvalue weighted by Crippen LogP contribution is -1.98. The molecule has 4 aromatic rings. The zero-order valence-corrected chi connectivity index (χ0v) is 17.3. The molecule has 0 amide bonds. The molecule has 1 aliphatic rings. The molecule has 1 aliphatic carbocycles. The second-order valence-corrected chi connectivity index (χ2v) is 7.78. The van der Waals surface area contributed by atoms with Crippen molar-refractivity contribution < 1.29 is 0 Å². The summed E-state index contributed by atoms with van der Waals surface area (Å²) in [7, 11) is 0. The first kappa shape index (κ1) is 18.5. The van der Waals surface area contributed by atoms with Gasteiger partial charge in [-0.3, -0.25) is 0 Å². The van der Waals surface area contributed by atoms with E-state index in [1.165, 1.54) is 33.4 Å². The number of benzene rings is 4. The minimum absolute atomic E-state index is 0.841. The zero-order chi connectivity index (χ0) is 20.3. The first-order valence-electron chi connectivity index (χ1n) is 10.1. The minimum atomic E-state index is 0.841. The molecular weight excluding hydrogens is 380 g/mol. The van der Waals surface area contributed by atoms with Crippen molar-refractivity contribution in [1.29, 1.82) is 0 Å². The Balaban J connectivity index is 1.80. The van der Waals surface area contributed by atoms with E-state index in [9.17, 15) is 0 Å². The third kappa shape index (κ3) is 3.45. The SMILES string of the molecule is S=C(/C=C1\C(c2ccccc2)=Cc2ccccc2-c2ccccc21)c1ccccc1. The lowest BCUT2D eigenvalue weighted by Gasteiger charge is -2.15. The molecule has 0 atom stereocenters. The van der Waals surface area contributed by atoms with Crippen molar-refractivity contribution in [3.05, 3.63) is 138 Å². The van der Waals surface area contributed by atoms with Crippen molar-refractivity contribution in [1.82, 2.24) is 0 Å². The van der Waals surface area contributed by atoms with Gasteiger partial charge in [0.1, 0.15) is 0 Å². The summed E-state index contributed by atoms with van der Waals surface area (Å²) in [6.07, 6.45) is 4.46. The summed E-state index contributed by atoms with van der Waals surface area (Å²) >= 11 is 5.86. The van der Waals surface area contributed by atoms with Crippen LogP contribution in [0.15, 0.2) is 115 Å². The number of hydrogen-bond donors (Lipinski definition) is 0. The van der Waals surface area contributed by atoms with Gasteiger partial charge in [0.25, 0.3) is 0 Å². The molecule has 142 valence electrons. The molecule has 0 bridgehead atoms. The maximum absolute atomic E-state index is 5.86. The van der Waals surface area contributed by atoms with Crippen LogP contribution >= 0.6 is 12.2 Å². The molecule has 5 rings (SSSR count). The van der Waals surface area contributed by atoms with Crippen molar-refractivity contribution in [3.63, 3.8) is 0 Å². The molecule has 0 heterocycles. The fourth-order valence-electron chi connectivity index (χ4n) is 4.03. The highest BCUT2D eigenvalue weighted by Gasteiger charge is 2.20. The number of fused-ring (bicyclic) bond motifs is 3. The van der Waals surface area contributed by atoms with Gasteiger partial charge in [-0.05, 0) is 56.7 Å². The Labute approximate surface area is 182 Å². The van der Waals surface area contributed by atoms with E-state index >= 15 is 0 Å². The molecule has 0 aromatic heterocycles. The van der Waals surface area contributed by atoms with E-state index in [4.69, 9.17) is 12.2 Å². The smallest absolute Gasteiger partial charge is 0.0455 e. The summed E-state index contributed by atoms with van der Waals surface area (Å²) in [4.78, 5) is 0.841. The monoisotopic (exact) mass is 400 g/mol. The number of hydrogen-bond acceptors (Lipinski definition) is 1. The van der Waals surface area contributed by atoms with Crippen molar-refractivity contribution in [2.24, 2.45) is 0 Å². The normalized spacial score (nSPS) is 13.7. The molecule has 0 radical (unpaired) electrons. The van der Waals surface area contributed by atoms with Crippen LogP contribution in [0.5, 0.6) is 0 Å². The van der Waals surface area contributed by atoms with Gasteiger partial charge in [0.05, 0.1) is 0 Å². The van der Waals surface area contributed by atoms with Crippen LogP contribution in [0.1, 0.15) is 22.3 Å². The van der Waals surface area contributed by atoms with E-state index in [-0.39, 0.29) is 0 Å². The second kappa shape index (κ2) is 8.06. The number of thiocarbonyl (C=S) groups is 1. The van der Waals surface area contributed by atoms with Crippen LogP contribution in [-0.2, 0) is 0 Å². The highest BCUT2D eigenvalue weighted by molar-refractivity contribution is 7.81. The predicted octanol–water partition coefficient (Wildman–Crippen LogP) is 7.71. The van der Waals surface area contributed by atoms with Crippen molar-refractivity contribution in [2.45, 2.75) is 0 Å². The molecule has 4 aromatic carbocycles. The topological polar surface area (TPSA) is 0 Å². The quantitative estimate of drug-likeness (QED) is 0.193. The summed E-state index contributed by atoms with van der Waals surface area (Å²) in [6, 6.07) is 38.0. The van der Waals surface area contributed by atoms with Gasteiger partial charge in [-0.2, -0.15) is 0 Å². The largest absolute Gasteiger partial charge is 0.0794 e.